The summed E-state index contributed by atoms with van der Waals surface area (Å²) in [7, 11) is 0. The first-order valence-corrected chi connectivity index (χ1v) is 23.2. The van der Waals surface area contributed by atoms with Gasteiger partial charge in [-0.1, -0.05) is 42.0 Å². The third kappa shape index (κ3) is 11.0. The Bertz CT molecular complexity index is 3270. The van der Waals surface area contributed by atoms with Gasteiger partial charge in [0.15, 0.2) is 0 Å². The summed E-state index contributed by atoms with van der Waals surface area (Å²) >= 11 is 0. The molecule has 0 fully saturated rings. The van der Waals surface area contributed by atoms with Crippen molar-refractivity contribution in [1.29, 1.82) is 0 Å². The number of nitrogens with zero attached hydrogens (tertiary/aromatic N) is 3. The van der Waals surface area contributed by atoms with Gasteiger partial charge in [-0.3, -0.25) is 0 Å². The van der Waals surface area contributed by atoms with E-state index in [1.165, 1.54) is 34.4 Å². The van der Waals surface area contributed by atoms with Crippen molar-refractivity contribution >= 4 is 51.2 Å². The maximum Gasteiger partial charge on any atom is 0.416 e. The maximum atomic E-state index is 14.1. The number of anilines is 9. The number of benzene rings is 9. The predicted molar refractivity (Wildman–Crippen MR) is 277 cm³/mol. The number of hydrogen-bond donors (Lipinski definition) is 0. The lowest BCUT2D eigenvalue weighted by Gasteiger charge is -2.27. The van der Waals surface area contributed by atoms with Crippen LogP contribution >= 0.6 is 0 Å². The average molecular weight is 970 g/mol. The zero-order valence-corrected chi connectivity index (χ0v) is 40.1. The standard InChI is InChI=1S/C61H49F6N3O2/c1-40-12-16-47(17-13-40)68(52-10-6-8-45(38-52)60(62,63)64)48-20-28-56(29-21-48)71-57-30-22-49(23-31-57)69(53-11-7-9-46(39-53)61(65,66)67)50-24-32-58(33-25-50)72-59-34-26-51(27-35-59)70(54-18-14-41(2)43(4)36-54)55-19-15-42(3)44(5)37-55/h6-39H,1-5H3. The van der Waals surface area contributed by atoms with Crippen LogP contribution in [0.25, 0.3) is 0 Å². The lowest BCUT2D eigenvalue weighted by Crippen LogP contribution is -2.12. The van der Waals surface area contributed by atoms with Crippen LogP contribution in [-0.2, 0) is 12.4 Å². The first kappa shape index (κ1) is 48.6. The topological polar surface area (TPSA) is 28.2 Å². The molecule has 9 aromatic carbocycles. The van der Waals surface area contributed by atoms with E-state index in [0.717, 1.165) is 46.9 Å². The largest absolute Gasteiger partial charge is 0.457 e. The van der Waals surface area contributed by atoms with Gasteiger partial charge >= 0.3 is 12.4 Å². The maximum absolute atomic E-state index is 14.1. The van der Waals surface area contributed by atoms with Crippen molar-refractivity contribution < 1.29 is 35.8 Å². The fraction of sp³-hybridized carbons (Fsp3) is 0.115. The van der Waals surface area contributed by atoms with Crippen molar-refractivity contribution in [2.45, 2.75) is 47.0 Å². The molecule has 0 aliphatic heterocycles. The highest BCUT2D eigenvalue weighted by atomic mass is 19.4. The van der Waals surface area contributed by atoms with Gasteiger partial charge < -0.3 is 24.2 Å². The monoisotopic (exact) mass is 969 g/mol. The van der Waals surface area contributed by atoms with Gasteiger partial charge in [0.25, 0.3) is 0 Å². The second kappa shape index (κ2) is 20.1. The van der Waals surface area contributed by atoms with Gasteiger partial charge in [0.05, 0.1) is 11.1 Å². The minimum atomic E-state index is -4.57. The zero-order valence-electron chi connectivity index (χ0n) is 40.1. The normalized spacial score (nSPS) is 11.5. The molecule has 0 unspecified atom stereocenters. The molecule has 0 N–H and O–H groups in total. The molecule has 0 saturated carbocycles. The summed E-state index contributed by atoms with van der Waals surface area (Å²) in [4.78, 5) is 5.67. The van der Waals surface area contributed by atoms with E-state index in [0.29, 0.717) is 51.4 Å². The third-order valence-electron chi connectivity index (χ3n) is 12.5. The summed E-state index contributed by atoms with van der Waals surface area (Å²) in [6.07, 6.45) is -9.09. The Balaban J connectivity index is 0.956. The van der Waals surface area contributed by atoms with Crippen molar-refractivity contribution in [2.75, 3.05) is 14.7 Å². The van der Waals surface area contributed by atoms with E-state index >= 15 is 0 Å². The Labute approximate surface area is 415 Å². The fourth-order valence-electron chi connectivity index (χ4n) is 8.33. The number of hydrogen-bond acceptors (Lipinski definition) is 5. The fourth-order valence-corrected chi connectivity index (χ4v) is 8.33. The zero-order chi connectivity index (χ0) is 50.7. The molecule has 0 aliphatic carbocycles. The third-order valence-corrected chi connectivity index (χ3v) is 12.5. The van der Waals surface area contributed by atoms with E-state index in [-0.39, 0.29) is 5.69 Å². The molecule has 0 bridgehead atoms. The van der Waals surface area contributed by atoms with Gasteiger partial charge in [-0.25, -0.2) is 0 Å². The van der Waals surface area contributed by atoms with Gasteiger partial charge in [-0.2, -0.15) is 26.3 Å². The van der Waals surface area contributed by atoms with Crippen LogP contribution in [-0.4, -0.2) is 0 Å². The van der Waals surface area contributed by atoms with E-state index in [4.69, 9.17) is 9.47 Å². The smallest absolute Gasteiger partial charge is 0.416 e. The second-order valence-corrected chi connectivity index (χ2v) is 17.7. The molecule has 9 rings (SSSR count). The Hall–Kier alpha value is -8.44. The molecular weight excluding hydrogens is 921 g/mol. The molecule has 362 valence electrons. The van der Waals surface area contributed by atoms with Crippen LogP contribution < -0.4 is 24.2 Å². The molecular formula is C61H49F6N3O2. The van der Waals surface area contributed by atoms with Crippen LogP contribution in [0.4, 0.5) is 77.5 Å². The number of rotatable bonds is 13. The van der Waals surface area contributed by atoms with Crippen molar-refractivity contribution in [3.05, 3.63) is 245 Å². The van der Waals surface area contributed by atoms with E-state index < -0.39 is 23.5 Å². The molecule has 0 spiro atoms. The van der Waals surface area contributed by atoms with E-state index in [2.05, 4.69) is 69.0 Å². The molecule has 0 atom stereocenters. The molecule has 5 nitrogen and oxygen atoms in total. The molecule has 0 aromatic heterocycles. The summed E-state index contributed by atoms with van der Waals surface area (Å²) < 4.78 is 96.1. The second-order valence-electron chi connectivity index (χ2n) is 17.7. The van der Waals surface area contributed by atoms with Crippen LogP contribution in [0.15, 0.2) is 206 Å². The highest BCUT2D eigenvalue weighted by Crippen LogP contribution is 2.43. The highest BCUT2D eigenvalue weighted by molar-refractivity contribution is 5.80. The minimum absolute atomic E-state index is 0.286. The summed E-state index contributed by atoms with van der Waals surface area (Å²) in [5.74, 6) is 2.04. The average Bonchev–Trinajstić information content (AvgIpc) is 3.36. The highest BCUT2D eigenvalue weighted by Gasteiger charge is 2.32. The van der Waals surface area contributed by atoms with E-state index in [9.17, 15) is 26.3 Å². The summed E-state index contributed by atoms with van der Waals surface area (Å²) in [6, 6.07) is 59.5. The molecule has 9 aromatic rings. The Morgan fingerprint density at radius 3 is 0.833 bits per heavy atom. The summed E-state index contributed by atoms with van der Waals surface area (Å²) in [5, 5.41) is 0. The summed E-state index contributed by atoms with van der Waals surface area (Å²) in [6.45, 7) is 10.3. The molecule has 0 aliphatic rings. The van der Waals surface area contributed by atoms with Gasteiger partial charge in [0.2, 0.25) is 0 Å². The Kier molecular flexibility index (Phi) is 13.6. The van der Waals surface area contributed by atoms with Gasteiger partial charge in [-0.05, 0) is 227 Å². The van der Waals surface area contributed by atoms with Gasteiger partial charge in [-0.15, -0.1) is 0 Å². The Morgan fingerprint density at radius 1 is 0.278 bits per heavy atom. The molecule has 0 radical (unpaired) electrons. The molecule has 0 heterocycles. The van der Waals surface area contributed by atoms with Crippen molar-refractivity contribution in [2.24, 2.45) is 0 Å². The number of halogens is 6. The quantitative estimate of drug-likeness (QED) is 0.107. The molecule has 11 heteroatoms. The van der Waals surface area contributed by atoms with Gasteiger partial charge in [0.1, 0.15) is 23.0 Å². The lowest BCUT2D eigenvalue weighted by molar-refractivity contribution is -0.138. The van der Waals surface area contributed by atoms with Crippen LogP contribution in [0, 0.1) is 34.6 Å². The number of ether oxygens (including phenoxy) is 2. The first-order chi connectivity index (χ1) is 34.5. The van der Waals surface area contributed by atoms with Crippen molar-refractivity contribution in [3.8, 4) is 23.0 Å². The molecule has 0 saturated heterocycles. The predicted octanol–water partition coefficient (Wildman–Crippen LogP) is 19.3. The van der Waals surface area contributed by atoms with Crippen molar-refractivity contribution in [1.82, 2.24) is 0 Å². The molecule has 0 amide bonds. The van der Waals surface area contributed by atoms with Crippen LogP contribution in [0.1, 0.15) is 38.9 Å². The van der Waals surface area contributed by atoms with Crippen LogP contribution in [0.5, 0.6) is 23.0 Å². The number of aryl methyl sites for hydroxylation is 5. The molecule has 72 heavy (non-hydrogen) atoms. The van der Waals surface area contributed by atoms with Crippen LogP contribution in [0.3, 0.4) is 0 Å². The Morgan fingerprint density at radius 2 is 0.542 bits per heavy atom. The van der Waals surface area contributed by atoms with E-state index in [1.807, 2.05) is 55.5 Å². The SMILES string of the molecule is Cc1ccc(N(c2ccc(Oc3ccc(N(c4ccc(Oc5ccc(N(c6ccc(C)c(C)c6)c6ccc(C)c(C)c6)cc5)cc4)c4cccc(C(F)(F)F)c4)cc3)cc2)c2cccc(C(F)(F)F)c2)cc1. The lowest BCUT2D eigenvalue weighted by atomic mass is 10.1. The minimum Gasteiger partial charge on any atom is -0.457 e. The first-order valence-electron chi connectivity index (χ1n) is 23.2. The van der Waals surface area contributed by atoms with Crippen molar-refractivity contribution in [3.63, 3.8) is 0 Å². The van der Waals surface area contributed by atoms with Crippen LogP contribution in [0.2, 0.25) is 0 Å². The van der Waals surface area contributed by atoms with E-state index in [1.54, 1.807) is 94.7 Å². The summed E-state index contributed by atoms with van der Waals surface area (Å²) in [5.41, 5.74) is 10.3. The number of alkyl halides is 6. The van der Waals surface area contributed by atoms with Gasteiger partial charge in [0, 0.05) is 51.2 Å².